The monoisotopic (exact) mass is 292 g/mol. The van der Waals surface area contributed by atoms with Crippen molar-refractivity contribution in [3.63, 3.8) is 0 Å². The van der Waals surface area contributed by atoms with Crippen molar-refractivity contribution in [2.24, 2.45) is 0 Å². The molecule has 0 aromatic rings. The van der Waals surface area contributed by atoms with Crippen molar-refractivity contribution in [1.29, 1.82) is 0 Å². The van der Waals surface area contributed by atoms with Crippen LogP contribution in [0.1, 0.15) is 0 Å². The zero-order valence-electron chi connectivity index (χ0n) is 7.68. The van der Waals surface area contributed by atoms with Gasteiger partial charge in [0.15, 0.2) is 0 Å². The molecular weight excluding hydrogens is 288 g/mol. The van der Waals surface area contributed by atoms with Gasteiger partial charge in [-0.15, -0.1) is 0 Å². The summed E-state index contributed by atoms with van der Waals surface area (Å²) in [7, 11) is 0. The predicted molar refractivity (Wildman–Crippen MR) is 38.8 cm³/mol. The van der Waals surface area contributed by atoms with Gasteiger partial charge >= 0.3 is 75.5 Å². The van der Waals surface area contributed by atoms with Crippen LogP contribution in [0, 0.1) is 0 Å². The minimum atomic E-state index is -2.19. The van der Waals surface area contributed by atoms with Crippen LogP contribution in [0.4, 0.5) is 0 Å². The number of carbonyl (C=O) groups excluding carboxylic acids is 4. The van der Waals surface area contributed by atoms with E-state index in [1.807, 2.05) is 0 Å². The van der Waals surface area contributed by atoms with Gasteiger partial charge in [-0.3, -0.25) is 0 Å². The summed E-state index contributed by atoms with van der Waals surface area (Å²) in [4.78, 5) is 35.7. The number of rotatable bonds is 0. The number of carboxylic acids is 4. The Hall–Kier alpha value is 0.319. The maximum atomic E-state index is 8.93. The molecular formula is C4H4Ca2O10. The Morgan fingerprint density at radius 1 is 0.500 bits per heavy atom. The number of carboxylic acid groups (broad SMARTS) is 4. The fourth-order valence-corrected chi connectivity index (χ4v) is 0. The molecule has 0 aliphatic heterocycles. The molecule has 84 valence electrons. The first-order valence-electron chi connectivity index (χ1n) is 2.13. The van der Waals surface area contributed by atoms with Crippen LogP contribution in [0.15, 0.2) is 0 Å². The van der Waals surface area contributed by atoms with Crippen LogP contribution in [-0.2, 0) is 19.2 Å². The molecule has 0 heterocycles. The summed E-state index contributed by atoms with van der Waals surface area (Å²) in [5.74, 6) is -8.74. The third-order valence-corrected chi connectivity index (χ3v) is 0.333. The number of hydrogen-bond acceptors (Lipinski definition) is 8. The molecule has 0 aromatic carbocycles. The molecule has 0 unspecified atom stereocenters. The summed E-state index contributed by atoms with van der Waals surface area (Å²) >= 11 is 0. The molecule has 0 rings (SSSR count). The second-order valence-electron chi connectivity index (χ2n) is 1.15. The summed E-state index contributed by atoms with van der Waals surface area (Å²) in [6.45, 7) is 0. The Morgan fingerprint density at radius 2 is 0.562 bits per heavy atom. The molecule has 4 N–H and O–H groups in total. The van der Waals surface area contributed by atoms with E-state index in [2.05, 4.69) is 0 Å². The number of hydrogen-bond donors (Lipinski definition) is 0. The maximum Gasteiger partial charge on any atom is 2.00 e. The van der Waals surface area contributed by atoms with E-state index in [0.717, 1.165) is 0 Å². The second-order valence-corrected chi connectivity index (χ2v) is 1.15. The van der Waals surface area contributed by atoms with Gasteiger partial charge < -0.3 is 50.6 Å². The molecule has 0 aromatic heterocycles. The molecule has 0 radical (unpaired) electrons. The quantitative estimate of drug-likeness (QED) is 0.306. The second kappa shape index (κ2) is 20.7. The SMILES string of the molecule is O.O.O=C([O-])C(=O)[O-].O=C([O-])C(=O)[O-].[Ca+2].[Ca+2]. The van der Waals surface area contributed by atoms with Crippen LogP contribution >= 0.6 is 0 Å². The molecule has 0 aliphatic carbocycles. The molecule has 0 amide bonds. The van der Waals surface area contributed by atoms with Crippen molar-refractivity contribution >= 4 is 99.4 Å². The molecule has 0 spiro atoms. The molecule has 0 fully saturated rings. The van der Waals surface area contributed by atoms with Gasteiger partial charge in [0.1, 0.15) is 0 Å². The minimum Gasteiger partial charge on any atom is -0.543 e. The van der Waals surface area contributed by atoms with Gasteiger partial charge in [-0.1, -0.05) is 0 Å². The van der Waals surface area contributed by atoms with Crippen LogP contribution in [0.5, 0.6) is 0 Å². The zero-order chi connectivity index (χ0) is 10.3. The fourth-order valence-electron chi connectivity index (χ4n) is 0. The van der Waals surface area contributed by atoms with Gasteiger partial charge in [-0.2, -0.15) is 0 Å². The van der Waals surface area contributed by atoms with Gasteiger partial charge in [0.05, 0.1) is 23.9 Å². The van der Waals surface area contributed by atoms with Crippen molar-refractivity contribution in [2.75, 3.05) is 0 Å². The van der Waals surface area contributed by atoms with Crippen molar-refractivity contribution in [2.45, 2.75) is 0 Å². The van der Waals surface area contributed by atoms with E-state index >= 15 is 0 Å². The largest absolute Gasteiger partial charge is 2.00 e. The molecule has 0 atom stereocenters. The third kappa shape index (κ3) is 36.7. The minimum absolute atomic E-state index is 0. The van der Waals surface area contributed by atoms with E-state index in [-0.39, 0.29) is 86.4 Å². The van der Waals surface area contributed by atoms with Crippen LogP contribution in [0.3, 0.4) is 0 Å². The molecule has 0 bridgehead atoms. The first-order chi connectivity index (χ1) is 5.29. The number of aliphatic carboxylic acids is 4. The van der Waals surface area contributed by atoms with Crippen LogP contribution in [0.2, 0.25) is 0 Å². The Labute approximate surface area is 148 Å². The van der Waals surface area contributed by atoms with E-state index in [9.17, 15) is 0 Å². The van der Waals surface area contributed by atoms with Crippen LogP contribution < -0.4 is 20.4 Å². The molecule has 0 saturated heterocycles. The smallest absolute Gasteiger partial charge is 0.543 e. The van der Waals surface area contributed by atoms with Crippen molar-refractivity contribution in [3.8, 4) is 0 Å². The zero-order valence-corrected chi connectivity index (χ0v) is 12.1. The van der Waals surface area contributed by atoms with E-state index in [1.54, 1.807) is 0 Å². The van der Waals surface area contributed by atoms with Crippen molar-refractivity contribution in [3.05, 3.63) is 0 Å². The summed E-state index contributed by atoms with van der Waals surface area (Å²) in [5.41, 5.74) is 0. The standard InChI is InChI=1S/2C2H2O4.2Ca.2H2O/c2*3-1(4)2(5)6;;;;/h2*(H,3,4)(H,5,6);;;2*1H2/q;;2*+2;;/p-4. The average molecular weight is 292 g/mol. The Morgan fingerprint density at radius 3 is 0.562 bits per heavy atom. The fraction of sp³-hybridized carbons (Fsp3) is 0. The normalized spacial score (nSPS) is 5.50. The molecule has 0 saturated carbocycles. The number of carbonyl (C=O) groups is 4. The molecule has 0 aliphatic rings. The van der Waals surface area contributed by atoms with Crippen LogP contribution in [0.25, 0.3) is 0 Å². The maximum absolute atomic E-state index is 8.93. The Kier molecular flexibility index (Phi) is 46.5. The van der Waals surface area contributed by atoms with Crippen LogP contribution in [-0.4, -0.2) is 110 Å². The summed E-state index contributed by atoms with van der Waals surface area (Å²) < 4.78 is 0. The first kappa shape index (κ1) is 36.0. The van der Waals surface area contributed by atoms with E-state index < -0.39 is 23.9 Å². The summed E-state index contributed by atoms with van der Waals surface area (Å²) in [6.07, 6.45) is 0. The first-order valence-corrected chi connectivity index (χ1v) is 2.13. The van der Waals surface area contributed by atoms with E-state index in [4.69, 9.17) is 39.6 Å². The Balaban J connectivity index is -0.0000000250. The van der Waals surface area contributed by atoms with E-state index in [1.165, 1.54) is 0 Å². The Bertz CT molecular complexity index is 177. The van der Waals surface area contributed by atoms with Gasteiger partial charge in [0.2, 0.25) is 0 Å². The molecule has 16 heavy (non-hydrogen) atoms. The van der Waals surface area contributed by atoms with Gasteiger partial charge in [0, 0.05) is 0 Å². The summed E-state index contributed by atoms with van der Waals surface area (Å²) in [6, 6.07) is 0. The van der Waals surface area contributed by atoms with Gasteiger partial charge in [0.25, 0.3) is 0 Å². The van der Waals surface area contributed by atoms with Gasteiger partial charge in [-0.05, 0) is 0 Å². The van der Waals surface area contributed by atoms with E-state index in [0.29, 0.717) is 0 Å². The van der Waals surface area contributed by atoms with Crippen molar-refractivity contribution in [1.82, 2.24) is 0 Å². The topological polar surface area (TPSA) is 224 Å². The molecule has 12 heteroatoms. The van der Waals surface area contributed by atoms with Gasteiger partial charge in [-0.25, -0.2) is 0 Å². The third-order valence-electron chi connectivity index (χ3n) is 0.333. The van der Waals surface area contributed by atoms with Crippen molar-refractivity contribution < 1.29 is 50.6 Å². The molecule has 10 nitrogen and oxygen atoms in total. The summed E-state index contributed by atoms with van der Waals surface area (Å²) in [5, 5.41) is 35.7. The predicted octanol–water partition coefficient (Wildman–Crippen LogP) is -9.44. The average Bonchev–Trinajstić information content (AvgIpc) is 1.88.